The Labute approximate surface area is 118 Å². The van der Waals surface area contributed by atoms with Gasteiger partial charge in [0, 0.05) is 23.0 Å². The van der Waals surface area contributed by atoms with Gasteiger partial charge >= 0.3 is 0 Å². The van der Waals surface area contributed by atoms with Gasteiger partial charge in [0.25, 0.3) is 0 Å². The van der Waals surface area contributed by atoms with Gasteiger partial charge < -0.3 is 4.57 Å². The Morgan fingerprint density at radius 3 is 2.50 bits per heavy atom. The van der Waals surface area contributed by atoms with Gasteiger partial charge in [-0.05, 0) is 12.1 Å². The number of allylic oxidation sites excluding steroid dienone is 1. The SMILES string of the molecule is C=CCn1c(C(=O)c2ccccc2)cc2ccccc21. The van der Waals surface area contributed by atoms with Crippen molar-refractivity contribution < 1.29 is 4.79 Å². The van der Waals surface area contributed by atoms with E-state index in [9.17, 15) is 4.79 Å². The normalized spacial score (nSPS) is 10.6. The summed E-state index contributed by atoms with van der Waals surface area (Å²) in [4.78, 5) is 12.7. The minimum Gasteiger partial charge on any atom is -0.334 e. The molecule has 0 amide bonds. The second-order valence-electron chi connectivity index (χ2n) is 4.68. The lowest BCUT2D eigenvalue weighted by atomic mass is 10.1. The third-order valence-electron chi connectivity index (χ3n) is 3.39. The minimum absolute atomic E-state index is 0.0450. The Bertz CT molecular complexity index is 768. The van der Waals surface area contributed by atoms with E-state index in [1.54, 1.807) is 0 Å². The molecule has 20 heavy (non-hydrogen) atoms. The summed E-state index contributed by atoms with van der Waals surface area (Å²) in [6, 6.07) is 19.3. The summed E-state index contributed by atoms with van der Waals surface area (Å²) in [5.74, 6) is 0.0450. The monoisotopic (exact) mass is 261 g/mol. The molecular weight excluding hydrogens is 246 g/mol. The van der Waals surface area contributed by atoms with E-state index in [2.05, 4.69) is 6.58 Å². The van der Waals surface area contributed by atoms with Crippen molar-refractivity contribution in [2.45, 2.75) is 6.54 Å². The summed E-state index contributed by atoms with van der Waals surface area (Å²) < 4.78 is 2.01. The number of aromatic nitrogens is 1. The van der Waals surface area contributed by atoms with Crippen LogP contribution >= 0.6 is 0 Å². The standard InChI is InChI=1S/C18H15NO/c1-2-12-19-16-11-7-6-10-15(16)13-17(19)18(20)14-8-4-3-5-9-14/h2-11,13H,1,12H2. The van der Waals surface area contributed by atoms with Crippen LogP contribution < -0.4 is 0 Å². The molecule has 1 aromatic heterocycles. The molecule has 0 aliphatic heterocycles. The lowest BCUT2D eigenvalue weighted by molar-refractivity contribution is 0.103. The molecule has 0 aliphatic rings. The first kappa shape index (κ1) is 12.4. The highest BCUT2D eigenvalue weighted by molar-refractivity contribution is 6.10. The van der Waals surface area contributed by atoms with Crippen LogP contribution in [0.15, 0.2) is 73.3 Å². The summed E-state index contributed by atoms with van der Waals surface area (Å²) in [5, 5.41) is 1.08. The van der Waals surface area contributed by atoms with E-state index in [4.69, 9.17) is 0 Å². The van der Waals surface area contributed by atoms with E-state index in [0.29, 0.717) is 17.8 Å². The molecule has 0 aliphatic carbocycles. The van der Waals surface area contributed by atoms with E-state index in [1.165, 1.54) is 0 Å². The average molecular weight is 261 g/mol. The van der Waals surface area contributed by atoms with Crippen molar-refractivity contribution in [3.8, 4) is 0 Å². The number of benzene rings is 2. The van der Waals surface area contributed by atoms with E-state index in [-0.39, 0.29) is 5.78 Å². The zero-order valence-corrected chi connectivity index (χ0v) is 11.1. The Morgan fingerprint density at radius 2 is 1.75 bits per heavy atom. The number of carbonyl (C=O) groups is 1. The fourth-order valence-electron chi connectivity index (χ4n) is 2.46. The summed E-state index contributed by atoms with van der Waals surface area (Å²) in [5.41, 5.74) is 2.48. The maximum Gasteiger partial charge on any atom is 0.209 e. The fraction of sp³-hybridized carbons (Fsp3) is 0.0556. The summed E-state index contributed by atoms with van der Waals surface area (Å²) >= 11 is 0. The minimum atomic E-state index is 0.0450. The van der Waals surface area contributed by atoms with Crippen molar-refractivity contribution in [3.63, 3.8) is 0 Å². The van der Waals surface area contributed by atoms with Crippen LogP contribution in [0.2, 0.25) is 0 Å². The van der Waals surface area contributed by atoms with Gasteiger partial charge in [0.2, 0.25) is 5.78 Å². The Hall–Kier alpha value is -2.61. The average Bonchev–Trinajstić information content (AvgIpc) is 2.87. The van der Waals surface area contributed by atoms with Gasteiger partial charge in [0.15, 0.2) is 0 Å². The summed E-state index contributed by atoms with van der Waals surface area (Å²) in [7, 11) is 0. The molecule has 0 bridgehead atoms. The quantitative estimate of drug-likeness (QED) is 0.513. The van der Waals surface area contributed by atoms with Crippen molar-refractivity contribution in [3.05, 3.63) is 84.6 Å². The molecule has 0 saturated heterocycles. The third-order valence-corrected chi connectivity index (χ3v) is 3.39. The highest BCUT2D eigenvalue weighted by Gasteiger charge is 2.15. The first-order chi connectivity index (χ1) is 9.81. The number of ketones is 1. The molecule has 98 valence electrons. The van der Waals surface area contributed by atoms with Gasteiger partial charge in [-0.15, -0.1) is 6.58 Å². The molecule has 2 aromatic carbocycles. The zero-order chi connectivity index (χ0) is 13.9. The number of hydrogen-bond donors (Lipinski definition) is 0. The molecule has 0 fully saturated rings. The Morgan fingerprint density at radius 1 is 1.05 bits per heavy atom. The van der Waals surface area contributed by atoms with Crippen LogP contribution in [-0.4, -0.2) is 10.4 Å². The Balaban J connectivity index is 2.18. The maximum absolute atomic E-state index is 12.7. The van der Waals surface area contributed by atoms with Gasteiger partial charge in [-0.1, -0.05) is 54.6 Å². The van der Waals surface area contributed by atoms with E-state index in [0.717, 1.165) is 10.9 Å². The molecule has 2 nitrogen and oxygen atoms in total. The molecule has 0 radical (unpaired) electrons. The number of hydrogen-bond acceptors (Lipinski definition) is 1. The van der Waals surface area contributed by atoms with Gasteiger partial charge in [-0.3, -0.25) is 4.79 Å². The van der Waals surface area contributed by atoms with E-state index >= 15 is 0 Å². The van der Waals surface area contributed by atoms with Crippen LogP contribution in [0, 0.1) is 0 Å². The molecule has 0 N–H and O–H groups in total. The number of rotatable bonds is 4. The van der Waals surface area contributed by atoms with Crippen molar-refractivity contribution in [1.82, 2.24) is 4.57 Å². The highest BCUT2D eigenvalue weighted by atomic mass is 16.1. The maximum atomic E-state index is 12.7. The van der Waals surface area contributed by atoms with Gasteiger partial charge in [-0.25, -0.2) is 0 Å². The number of nitrogens with zero attached hydrogens (tertiary/aromatic N) is 1. The number of para-hydroxylation sites is 1. The topological polar surface area (TPSA) is 22.0 Å². The number of carbonyl (C=O) groups excluding carboxylic acids is 1. The molecule has 3 aromatic rings. The lowest BCUT2D eigenvalue weighted by Crippen LogP contribution is -2.09. The smallest absolute Gasteiger partial charge is 0.209 e. The fourth-order valence-corrected chi connectivity index (χ4v) is 2.46. The second kappa shape index (κ2) is 5.17. The highest BCUT2D eigenvalue weighted by Crippen LogP contribution is 2.22. The number of fused-ring (bicyclic) bond motifs is 1. The predicted octanol–water partition coefficient (Wildman–Crippen LogP) is 4.06. The van der Waals surface area contributed by atoms with Crippen molar-refractivity contribution in [1.29, 1.82) is 0 Å². The van der Waals surface area contributed by atoms with E-state index in [1.807, 2.05) is 71.3 Å². The van der Waals surface area contributed by atoms with Crippen LogP contribution in [-0.2, 0) is 6.54 Å². The summed E-state index contributed by atoms with van der Waals surface area (Å²) in [6.45, 7) is 4.41. The third kappa shape index (κ3) is 2.05. The van der Waals surface area contributed by atoms with E-state index < -0.39 is 0 Å². The summed E-state index contributed by atoms with van der Waals surface area (Å²) in [6.07, 6.45) is 1.81. The largest absolute Gasteiger partial charge is 0.334 e. The lowest BCUT2D eigenvalue weighted by Gasteiger charge is -2.07. The predicted molar refractivity (Wildman–Crippen MR) is 82.0 cm³/mol. The first-order valence-electron chi connectivity index (χ1n) is 6.60. The molecule has 0 atom stereocenters. The van der Waals surface area contributed by atoms with Crippen LogP contribution in [0.3, 0.4) is 0 Å². The van der Waals surface area contributed by atoms with Gasteiger partial charge in [0.1, 0.15) is 0 Å². The Kier molecular flexibility index (Phi) is 3.21. The second-order valence-corrected chi connectivity index (χ2v) is 4.68. The van der Waals surface area contributed by atoms with Crippen LogP contribution in [0.4, 0.5) is 0 Å². The molecule has 0 saturated carbocycles. The van der Waals surface area contributed by atoms with Crippen LogP contribution in [0.25, 0.3) is 10.9 Å². The molecule has 1 heterocycles. The van der Waals surface area contributed by atoms with Crippen molar-refractivity contribution in [2.75, 3.05) is 0 Å². The molecule has 0 spiro atoms. The van der Waals surface area contributed by atoms with Crippen molar-refractivity contribution in [2.24, 2.45) is 0 Å². The van der Waals surface area contributed by atoms with Gasteiger partial charge in [-0.2, -0.15) is 0 Å². The first-order valence-corrected chi connectivity index (χ1v) is 6.60. The van der Waals surface area contributed by atoms with Crippen LogP contribution in [0.1, 0.15) is 16.1 Å². The molecule has 2 heteroatoms. The molecular formula is C18H15NO. The molecule has 0 unspecified atom stereocenters. The molecule has 3 rings (SSSR count). The van der Waals surface area contributed by atoms with Crippen LogP contribution in [0.5, 0.6) is 0 Å². The van der Waals surface area contributed by atoms with Gasteiger partial charge in [0.05, 0.1) is 5.69 Å². The van der Waals surface area contributed by atoms with Crippen molar-refractivity contribution >= 4 is 16.7 Å². The zero-order valence-electron chi connectivity index (χ0n) is 11.1.